The molecule has 42 heavy (non-hydrogen) atoms. The van der Waals surface area contributed by atoms with Crippen LogP contribution in [0.4, 0.5) is 14.5 Å². The fourth-order valence-electron chi connectivity index (χ4n) is 4.53. The number of pyridine rings is 2. The van der Waals surface area contributed by atoms with E-state index in [-0.39, 0.29) is 57.6 Å². The molecule has 4 rings (SSSR count). The van der Waals surface area contributed by atoms with Gasteiger partial charge in [-0.3, -0.25) is 14.4 Å². The van der Waals surface area contributed by atoms with E-state index >= 15 is 0 Å². The molecule has 2 unspecified atom stereocenters. The third kappa shape index (κ3) is 7.41. The Hall–Kier alpha value is -4.07. The summed E-state index contributed by atoms with van der Waals surface area (Å²) in [6, 6.07) is 7.23. The van der Waals surface area contributed by atoms with Crippen molar-refractivity contribution in [1.29, 1.82) is 0 Å². The molecule has 0 aliphatic carbocycles. The predicted molar refractivity (Wildman–Crippen MR) is 150 cm³/mol. The Morgan fingerprint density at radius 1 is 1.21 bits per heavy atom. The largest absolute Gasteiger partial charge is 0.495 e. The maximum absolute atomic E-state index is 13.9. The summed E-state index contributed by atoms with van der Waals surface area (Å²) < 4.78 is 48.4. The normalized spacial score (nSPS) is 15.6. The number of hydrogen-bond donors (Lipinski definition) is 3. The zero-order valence-corrected chi connectivity index (χ0v) is 23.5. The SMILES string of the molecule is CNC(=O)c1ccc(NC(=O)C(CC2COCCO2)c2c(-c3cc(Cl)ccc3OCC(F)F)c(OC)c[nH]c2=O)cn1. The van der Waals surface area contributed by atoms with Gasteiger partial charge in [0.25, 0.3) is 17.9 Å². The number of H-pyrrole nitrogens is 1. The molecule has 0 saturated carbocycles. The molecule has 14 heteroatoms. The van der Waals surface area contributed by atoms with Gasteiger partial charge in [0.1, 0.15) is 23.8 Å². The molecule has 11 nitrogen and oxygen atoms in total. The van der Waals surface area contributed by atoms with Crippen molar-refractivity contribution in [1.82, 2.24) is 15.3 Å². The van der Waals surface area contributed by atoms with Gasteiger partial charge in [0.15, 0.2) is 0 Å². The Labute approximate surface area is 244 Å². The van der Waals surface area contributed by atoms with Crippen LogP contribution in [0.3, 0.4) is 0 Å². The summed E-state index contributed by atoms with van der Waals surface area (Å²) in [5.41, 5.74) is 0.0663. The number of benzene rings is 1. The highest BCUT2D eigenvalue weighted by Gasteiger charge is 2.34. The summed E-state index contributed by atoms with van der Waals surface area (Å²) in [4.78, 5) is 45.9. The van der Waals surface area contributed by atoms with Crippen LogP contribution in [0.15, 0.2) is 47.5 Å². The fraction of sp³-hybridized carbons (Fsp3) is 0.357. The van der Waals surface area contributed by atoms with Gasteiger partial charge < -0.3 is 34.6 Å². The highest BCUT2D eigenvalue weighted by molar-refractivity contribution is 6.31. The number of aromatic nitrogens is 2. The predicted octanol–water partition coefficient (Wildman–Crippen LogP) is 3.63. The minimum Gasteiger partial charge on any atom is -0.495 e. The van der Waals surface area contributed by atoms with Gasteiger partial charge in [-0.1, -0.05) is 11.6 Å². The number of carbonyl (C=O) groups excluding carboxylic acids is 2. The maximum Gasteiger partial charge on any atom is 0.272 e. The standard InChI is InChI=1S/C28H29ClF2N4O7/c1-32-27(37)20-5-4-16(11-33-20)35-26(36)19(10-17-13-40-7-8-41-17)25-24(22(39-2)12-34-28(25)38)18-9-15(29)3-6-21(18)42-14-23(30)31/h3-6,9,11-12,17,19,23H,7-8,10,13-14H2,1-2H3,(H,32,37)(H,34,38)(H,35,36). The van der Waals surface area contributed by atoms with Crippen LogP contribution in [0, 0.1) is 0 Å². The summed E-state index contributed by atoms with van der Waals surface area (Å²) in [5, 5.41) is 5.44. The number of methoxy groups -OCH3 is 1. The Bertz CT molecular complexity index is 1460. The molecule has 3 heterocycles. The van der Waals surface area contributed by atoms with E-state index in [9.17, 15) is 23.2 Å². The summed E-state index contributed by atoms with van der Waals surface area (Å²) in [5.74, 6) is -2.01. The molecule has 2 atom stereocenters. The smallest absolute Gasteiger partial charge is 0.272 e. The van der Waals surface area contributed by atoms with Crippen molar-refractivity contribution in [3.63, 3.8) is 0 Å². The van der Waals surface area contributed by atoms with Gasteiger partial charge in [-0.25, -0.2) is 13.8 Å². The van der Waals surface area contributed by atoms with E-state index in [2.05, 4.69) is 20.6 Å². The summed E-state index contributed by atoms with van der Waals surface area (Å²) in [7, 11) is 2.83. The number of anilines is 1. The molecule has 0 bridgehead atoms. The lowest BCUT2D eigenvalue weighted by Gasteiger charge is -2.28. The number of nitrogens with one attached hydrogen (secondary N) is 3. The minimum atomic E-state index is -2.76. The van der Waals surface area contributed by atoms with Crippen LogP contribution in [-0.2, 0) is 14.3 Å². The molecule has 2 aromatic heterocycles. The molecule has 1 aliphatic heterocycles. The van der Waals surface area contributed by atoms with E-state index in [0.29, 0.717) is 13.2 Å². The average Bonchev–Trinajstić information content (AvgIpc) is 2.99. The third-order valence-electron chi connectivity index (χ3n) is 6.43. The Balaban J connectivity index is 1.83. The first-order valence-electron chi connectivity index (χ1n) is 12.9. The maximum atomic E-state index is 13.9. The van der Waals surface area contributed by atoms with Gasteiger partial charge in [-0.05, 0) is 36.8 Å². The van der Waals surface area contributed by atoms with Gasteiger partial charge in [-0.15, -0.1) is 0 Å². The van der Waals surface area contributed by atoms with Gasteiger partial charge >= 0.3 is 0 Å². The van der Waals surface area contributed by atoms with Crippen molar-refractivity contribution in [2.45, 2.75) is 24.9 Å². The topological polar surface area (TPSA) is 141 Å². The van der Waals surface area contributed by atoms with Crippen molar-refractivity contribution < 1.29 is 37.3 Å². The molecule has 1 saturated heterocycles. The molecular weight excluding hydrogens is 578 g/mol. The van der Waals surface area contributed by atoms with Crippen molar-refractivity contribution in [2.75, 3.05) is 45.9 Å². The molecular formula is C28H29ClF2N4O7. The number of amides is 2. The van der Waals surface area contributed by atoms with Crippen LogP contribution in [0.1, 0.15) is 28.4 Å². The lowest BCUT2D eigenvalue weighted by atomic mass is 9.86. The first-order valence-corrected chi connectivity index (χ1v) is 13.3. The van der Waals surface area contributed by atoms with E-state index in [0.717, 1.165) is 0 Å². The van der Waals surface area contributed by atoms with E-state index in [1.165, 1.54) is 56.9 Å². The Morgan fingerprint density at radius 2 is 2.02 bits per heavy atom. The molecule has 3 aromatic rings. The van der Waals surface area contributed by atoms with Gasteiger partial charge in [0.05, 0.1) is 50.8 Å². The number of hydrogen-bond acceptors (Lipinski definition) is 8. The second kappa shape index (κ2) is 14.2. The van der Waals surface area contributed by atoms with Crippen LogP contribution in [0.2, 0.25) is 5.02 Å². The quantitative estimate of drug-likeness (QED) is 0.301. The van der Waals surface area contributed by atoms with Crippen molar-refractivity contribution >= 4 is 29.1 Å². The average molecular weight is 607 g/mol. The van der Waals surface area contributed by atoms with Gasteiger partial charge in [-0.2, -0.15) is 0 Å². The lowest BCUT2D eigenvalue weighted by Crippen LogP contribution is -2.35. The zero-order valence-electron chi connectivity index (χ0n) is 22.7. The van der Waals surface area contributed by atoms with Crippen molar-refractivity contribution in [3.05, 3.63) is 69.4 Å². The minimum absolute atomic E-state index is 0.00949. The highest BCUT2D eigenvalue weighted by Crippen LogP contribution is 2.42. The number of nitrogens with zero attached hydrogens (tertiary/aromatic N) is 1. The molecule has 1 aromatic carbocycles. The number of alkyl halides is 2. The number of rotatable bonds is 11. The number of carbonyl (C=O) groups is 2. The summed E-state index contributed by atoms with van der Waals surface area (Å²) >= 11 is 6.29. The molecule has 3 N–H and O–H groups in total. The summed E-state index contributed by atoms with van der Waals surface area (Å²) in [6.07, 6.45) is -0.679. The third-order valence-corrected chi connectivity index (χ3v) is 6.66. The van der Waals surface area contributed by atoms with Crippen LogP contribution < -0.4 is 25.7 Å². The molecule has 1 fully saturated rings. The lowest BCUT2D eigenvalue weighted by molar-refractivity contribution is -0.121. The fourth-order valence-corrected chi connectivity index (χ4v) is 4.70. The van der Waals surface area contributed by atoms with E-state index in [1.807, 2.05) is 0 Å². The first-order chi connectivity index (χ1) is 20.2. The summed E-state index contributed by atoms with van der Waals surface area (Å²) in [6.45, 7) is -0.0465. The molecule has 224 valence electrons. The van der Waals surface area contributed by atoms with E-state index < -0.39 is 42.4 Å². The van der Waals surface area contributed by atoms with Crippen LogP contribution in [0.5, 0.6) is 11.5 Å². The number of aromatic amines is 1. The van der Waals surface area contributed by atoms with Crippen LogP contribution in [0.25, 0.3) is 11.1 Å². The van der Waals surface area contributed by atoms with Gasteiger partial charge in [0, 0.05) is 35.0 Å². The first kappa shape index (κ1) is 30.9. The van der Waals surface area contributed by atoms with Crippen LogP contribution >= 0.6 is 11.6 Å². The monoisotopic (exact) mass is 606 g/mol. The second-order valence-electron chi connectivity index (χ2n) is 9.17. The van der Waals surface area contributed by atoms with E-state index in [4.69, 9.17) is 30.5 Å². The number of halogens is 3. The molecule has 2 amide bonds. The van der Waals surface area contributed by atoms with Crippen LogP contribution in [-0.4, -0.2) is 74.9 Å². The van der Waals surface area contributed by atoms with E-state index in [1.54, 1.807) is 0 Å². The molecule has 1 aliphatic rings. The number of ether oxygens (including phenoxy) is 4. The second-order valence-corrected chi connectivity index (χ2v) is 9.61. The highest BCUT2D eigenvalue weighted by atomic mass is 35.5. The zero-order chi connectivity index (χ0) is 30.2. The van der Waals surface area contributed by atoms with Crippen molar-refractivity contribution in [2.24, 2.45) is 0 Å². The molecule has 0 radical (unpaired) electrons. The van der Waals surface area contributed by atoms with Gasteiger partial charge in [0.2, 0.25) is 5.91 Å². The Kier molecular flexibility index (Phi) is 10.4. The Morgan fingerprint density at radius 3 is 2.67 bits per heavy atom. The molecule has 0 spiro atoms. The van der Waals surface area contributed by atoms with Crippen molar-refractivity contribution in [3.8, 4) is 22.6 Å².